The van der Waals surface area contributed by atoms with Gasteiger partial charge in [-0.3, -0.25) is 0 Å². The van der Waals surface area contributed by atoms with Gasteiger partial charge in [0.15, 0.2) is 0 Å². The Morgan fingerprint density at radius 2 is 1.36 bits per heavy atom. The lowest BCUT2D eigenvalue weighted by Gasteiger charge is -2.35. The molecule has 4 heteroatoms. The fraction of sp³-hybridized carbons (Fsp3) is 0.208. The van der Waals surface area contributed by atoms with E-state index in [2.05, 4.69) is 108 Å². The molecule has 1 fully saturated rings. The summed E-state index contributed by atoms with van der Waals surface area (Å²) in [7, 11) is 4.22. The molecule has 3 aromatic rings. The van der Waals surface area contributed by atoms with Gasteiger partial charge < -0.3 is 4.84 Å². The summed E-state index contributed by atoms with van der Waals surface area (Å²) in [5.41, 5.74) is 3.81. The molecule has 0 amide bonds. The summed E-state index contributed by atoms with van der Waals surface area (Å²) < 4.78 is 0. The summed E-state index contributed by atoms with van der Waals surface area (Å²) in [6.45, 7) is 0. The zero-order chi connectivity index (χ0) is 19.1. The number of oxime groups is 1. The Kier molecular flexibility index (Phi) is 4.04. The summed E-state index contributed by atoms with van der Waals surface area (Å²) in [5, 5.41) is 9.13. The van der Waals surface area contributed by atoms with E-state index in [0.717, 1.165) is 16.8 Å². The highest BCUT2D eigenvalue weighted by atomic mass is 16.7. The molecule has 0 saturated carbocycles. The number of benzene rings is 3. The fourth-order valence-electron chi connectivity index (χ4n) is 4.67. The molecular formula is C24H23N3O. The third-order valence-electron chi connectivity index (χ3n) is 6.07. The lowest BCUT2D eigenvalue weighted by atomic mass is 9.78. The van der Waals surface area contributed by atoms with E-state index in [9.17, 15) is 0 Å². The van der Waals surface area contributed by atoms with Crippen LogP contribution in [0.25, 0.3) is 0 Å². The average Bonchev–Trinajstić information content (AvgIpc) is 3.25. The standard InChI is InChI=1S/C24H23N3O/c1-26-23(19-14-8-4-9-15-19)21-22(18-12-6-3-7-13-18)25-28-24(21,27(26)2)20-16-10-5-11-17-20/h3-17,21,23H,1-2H3/t21-,23+,24-/m1/s1. The summed E-state index contributed by atoms with van der Waals surface area (Å²) in [6.07, 6.45) is 0. The van der Waals surface area contributed by atoms with E-state index in [0.29, 0.717) is 0 Å². The van der Waals surface area contributed by atoms with Crippen molar-refractivity contribution in [2.45, 2.75) is 11.8 Å². The molecule has 2 aliphatic heterocycles. The van der Waals surface area contributed by atoms with Gasteiger partial charge >= 0.3 is 0 Å². The molecule has 0 aromatic heterocycles. The topological polar surface area (TPSA) is 28.1 Å². The lowest BCUT2D eigenvalue weighted by molar-refractivity contribution is -0.182. The molecule has 0 aliphatic carbocycles. The van der Waals surface area contributed by atoms with E-state index >= 15 is 0 Å². The van der Waals surface area contributed by atoms with Crippen LogP contribution in [0.2, 0.25) is 0 Å². The van der Waals surface area contributed by atoms with Crippen molar-refractivity contribution in [3.63, 3.8) is 0 Å². The SMILES string of the molecule is CN1[C@@H](c2ccccc2)[C@H]2C(c3ccccc3)=NO[C@@]2(c2ccccc2)N1C. The average molecular weight is 369 g/mol. The second-order valence-electron chi connectivity index (χ2n) is 7.43. The number of nitrogens with zero attached hydrogens (tertiary/aromatic N) is 3. The van der Waals surface area contributed by atoms with Gasteiger partial charge in [0.1, 0.15) is 0 Å². The van der Waals surface area contributed by atoms with Crippen LogP contribution in [0, 0.1) is 5.92 Å². The van der Waals surface area contributed by atoms with Crippen molar-refractivity contribution in [3.8, 4) is 0 Å². The van der Waals surface area contributed by atoms with Gasteiger partial charge in [-0.2, -0.15) is 5.01 Å². The quantitative estimate of drug-likeness (QED) is 0.684. The monoisotopic (exact) mass is 369 g/mol. The van der Waals surface area contributed by atoms with Crippen molar-refractivity contribution in [3.05, 3.63) is 108 Å². The van der Waals surface area contributed by atoms with Crippen LogP contribution in [0.15, 0.2) is 96.2 Å². The van der Waals surface area contributed by atoms with Crippen LogP contribution in [-0.4, -0.2) is 29.8 Å². The van der Waals surface area contributed by atoms with Crippen LogP contribution in [0.4, 0.5) is 0 Å². The van der Waals surface area contributed by atoms with Gasteiger partial charge in [0, 0.05) is 19.7 Å². The minimum absolute atomic E-state index is 0.0368. The molecule has 0 radical (unpaired) electrons. The first-order valence-electron chi connectivity index (χ1n) is 9.62. The fourth-order valence-corrected chi connectivity index (χ4v) is 4.67. The molecule has 2 heterocycles. The molecule has 2 aliphatic rings. The Balaban J connectivity index is 1.72. The number of rotatable bonds is 3. The predicted molar refractivity (Wildman–Crippen MR) is 110 cm³/mol. The van der Waals surface area contributed by atoms with E-state index in [1.807, 2.05) is 12.1 Å². The molecule has 1 saturated heterocycles. The second kappa shape index (κ2) is 6.59. The summed E-state index contributed by atoms with van der Waals surface area (Å²) in [4.78, 5) is 6.32. The van der Waals surface area contributed by atoms with E-state index in [1.54, 1.807) is 0 Å². The van der Waals surface area contributed by atoms with Gasteiger partial charge in [-0.25, -0.2) is 5.01 Å². The first-order chi connectivity index (χ1) is 13.7. The van der Waals surface area contributed by atoms with Crippen LogP contribution in [0.1, 0.15) is 22.7 Å². The summed E-state index contributed by atoms with van der Waals surface area (Å²) >= 11 is 0. The predicted octanol–water partition coefficient (Wildman–Crippen LogP) is 4.42. The third kappa shape index (κ3) is 2.35. The van der Waals surface area contributed by atoms with Crippen LogP contribution >= 0.6 is 0 Å². The highest BCUT2D eigenvalue weighted by molar-refractivity contribution is 6.04. The molecule has 0 spiro atoms. The maximum atomic E-state index is 6.32. The Morgan fingerprint density at radius 1 is 0.786 bits per heavy atom. The van der Waals surface area contributed by atoms with E-state index in [-0.39, 0.29) is 12.0 Å². The molecule has 3 atom stereocenters. The third-order valence-corrected chi connectivity index (χ3v) is 6.07. The van der Waals surface area contributed by atoms with Crippen molar-refractivity contribution in [2.24, 2.45) is 11.1 Å². The highest BCUT2D eigenvalue weighted by Gasteiger charge is 2.64. The molecular weight excluding hydrogens is 346 g/mol. The van der Waals surface area contributed by atoms with Crippen molar-refractivity contribution in [1.29, 1.82) is 0 Å². The number of hydrogen-bond acceptors (Lipinski definition) is 4. The smallest absolute Gasteiger partial charge is 0.239 e. The molecule has 140 valence electrons. The van der Waals surface area contributed by atoms with Crippen LogP contribution < -0.4 is 0 Å². The lowest BCUT2D eigenvalue weighted by Crippen LogP contribution is -2.46. The molecule has 28 heavy (non-hydrogen) atoms. The number of hydrogen-bond donors (Lipinski definition) is 0. The first kappa shape index (κ1) is 17.2. The second-order valence-corrected chi connectivity index (χ2v) is 7.43. The van der Waals surface area contributed by atoms with Crippen molar-refractivity contribution in [2.75, 3.05) is 14.1 Å². The minimum Gasteiger partial charge on any atom is -0.366 e. The largest absolute Gasteiger partial charge is 0.366 e. The summed E-state index contributed by atoms with van der Waals surface area (Å²) in [5.74, 6) is 0.0368. The molecule has 0 unspecified atom stereocenters. The first-order valence-corrected chi connectivity index (χ1v) is 9.62. The van der Waals surface area contributed by atoms with Gasteiger partial charge in [0.25, 0.3) is 0 Å². The van der Waals surface area contributed by atoms with Gasteiger partial charge in [0.05, 0.1) is 17.7 Å². The van der Waals surface area contributed by atoms with Crippen molar-refractivity contribution >= 4 is 5.71 Å². The zero-order valence-corrected chi connectivity index (χ0v) is 16.1. The van der Waals surface area contributed by atoms with Gasteiger partial charge in [-0.1, -0.05) is 96.2 Å². The normalized spacial score (nSPS) is 27.3. The Morgan fingerprint density at radius 3 is 2.00 bits per heavy atom. The van der Waals surface area contributed by atoms with Crippen LogP contribution in [-0.2, 0) is 10.6 Å². The van der Waals surface area contributed by atoms with Crippen LogP contribution in [0.5, 0.6) is 0 Å². The maximum absolute atomic E-state index is 6.32. The van der Waals surface area contributed by atoms with Gasteiger partial charge in [0.2, 0.25) is 5.72 Å². The molecule has 0 N–H and O–H groups in total. The maximum Gasteiger partial charge on any atom is 0.239 e. The van der Waals surface area contributed by atoms with Crippen molar-refractivity contribution in [1.82, 2.24) is 10.0 Å². The minimum atomic E-state index is -0.665. The highest BCUT2D eigenvalue weighted by Crippen LogP contribution is 2.56. The Bertz CT molecular complexity index is 990. The zero-order valence-electron chi connectivity index (χ0n) is 16.1. The van der Waals surface area contributed by atoms with E-state index in [4.69, 9.17) is 4.84 Å². The number of hydrazine groups is 1. The molecule has 5 rings (SSSR count). The number of fused-ring (bicyclic) bond motifs is 1. The summed E-state index contributed by atoms with van der Waals surface area (Å²) in [6, 6.07) is 31.6. The van der Waals surface area contributed by atoms with Crippen molar-refractivity contribution < 1.29 is 4.84 Å². The molecule has 0 bridgehead atoms. The molecule has 4 nitrogen and oxygen atoms in total. The van der Waals surface area contributed by atoms with Gasteiger partial charge in [-0.15, -0.1) is 0 Å². The molecule has 3 aromatic carbocycles. The van der Waals surface area contributed by atoms with Gasteiger partial charge in [-0.05, 0) is 11.1 Å². The van der Waals surface area contributed by atoms with E-state index < -0.39 is 5.72 Å². The van der Waals surface area contributed by atoms with Crippen LogP contribution in [0.3, 0.4) is 0 Å². The van der Waals surface area contributed by atoms with E-state index in [1.165, 1.54) is 5.56 Å². The Labute approximate surface area is 165 Å². The Hall–Kier alpha value is -2.95.